The summed E-state index contributed by atoms with van der Waals surface area (Å²) in [5, 5.41) is 6.09. The number of carbonyl (C=O) groups is 1. The number of aromatic nitrogens is 1. The number of hydrogen-bond acceptors (Lipinski definition) is 3. The Labute approximate surface area is 95.5 Å². The van der Waals surface area contributed by atoms with Gasteiger partial charge in [-0.15, -0.1) is 0 Å². The first-order valence-electron chi connectivity index (χ1n) is 5.69. The summed E-state index contributed by atoms with van der Waals surface area (Å²) in [5.41, 5.74) is 2.05. The molecule has 2 rings (SSSR count). The van der Waals surface area contributed by atoms with Gasteiger partial charge in [-0.3, -0.25) is 9.78 Å². The molecular formula is C12H17N3O. The Bertz CT molecular complexity index is 372. The molecule has 1 amide bonds. The molecule has 1 aromatic rings. The predicted molar refractivity (Wildman–Crippen MR) is 61.8 cm³/mol. The summed E-state index contributed by atoms with van der Waals surface area (Å²) >= 11 is 0. The zero-order valence-corrected chi connectivity index (χ0v) is 9.49. The highest BCUT2D eigenvalue weighted by Crippen LogP contribution is 2.06. The average molecular weight is 219 g/mol. The topological polar surface area (TPSA) is 54.0 Å². The molecule has 4 nitrogen and oxygen atoms in total. The van der Waals surface area contributed by atoms with E-state index in [0.29, 0.717) is 6.54 Å². The summed E-state index contributed by atoms with van der Waals surface area (Å²) in [6, 6.07) is 3.89. The van der Waals surface area contributed by atoms with Crippen molar-refractivity contribution in [1.29, 1.82) is 0 Å². The molecule has 4 heteroatoms. The molecular weight excluding hydrogens is 202 g/mol. The van der Waals surface area contributed by atoms with Crippen molar-refractivity contribution in [2.45, 2.75) is 32.4 Å². The van der Waals surface area contributed by atoms with E-state index in [9.17, 15) is 4.79 Å². The van der Waals surface area contributed by atoms with Crippen LogP contribution in [0.1, 0.15) is 24.1 Å². The Morgan fingerprint density at radius 1 is 1.69 bits per heavy atom. The Morgan fingerprint density at radius 2 is 2.56 bits per heavy atom. The second kappa shape index (κ2) is 5.07. The maximum atomic E-state index is 11.7. The Morgan fingerprint density at radius 3 is 3.25 bits per heavy atom. The van der Waals surface area contributed by atoms with Crippen LogP contribution < -0.4 is 10.6 Å². The molecule has 86 valence electrons. The lowest BCUT2D eigenvalue weighted by molar-refractivity contribution is -0.122. The lowest BCUT2D eigenvalue weighted by Crippen LogP contribution is -2.40. The molecule has 0 aliphatic carbocycles. The van der Waals surface area contributed by atoms with Crippen molar-refractivity contribution in [2.75, 3.05) is 6.54 Å². The van der Waals surface area contributed by atoms with Crippen molar-refractivity contribution < 1.29 is 4.79 Å². The number of nitrogens with zero attached hydrogens (tertiary/aromatic N) is 1. The van der Waals surface area contributed by atoms with Crippen molar-refractivity contribution in [1.82, 2.24) is 15.6 Å². The zero-order valence-electron chi connectivity index (χ0n) is 9.49. The number of carbonyl (C=O) groups excluding carboxylic acids is 1. The third-order valence-corrected chi connectivity index (χ3v) is 2.92. The van der Waals surface area contributed by atoms with E-state index < -0.39 is 0 Å². The molecule has 1 saturated heterocycles. The van der Waals surface area contributed by atoms with E-state index in [4.69, 9.17) is 0 Å². The fraction of sp³-hybridized carbons (Fsp3) is 0.500. The monoisotopic (exact) mass is 219 g/mol. The van der Waals surface area contributed by atoms with Crippen LogP contribution in [0.3, 0.4) is 0 Å². The summed E-state index contributed by atoms with van der Waals surface area (Å²) in [6.07, 6.45) is 3.77. The minimum absolute atomic E-state index is 0.0102. The summed E-state index contributed by atoms with van der Waals surface area (Å²) in [6.45, 7) is 3.46. The van der Waals surface area contributed by atoms with Crippen LogP contribution in [0.15, 0.2) is 18.3 Å². The molecule has 0 aromatic carbocycles. The Kier molecular flexibility index (Phi) is 3.51. The van der Waals surface area contributed by atoms with Gasteiger partial charge in [0, 0.05) is 6.20 Å². The van der Waals surface area contributed by atoms with Gasteiger partial charge in [-0.25, -0.2) is 0 Å². The fourth-order valence-electron chi connectivity index (χ4n) is 1.91. The molecule has 2 N–H and O–H groups in total. The van der Waals surface area contributed by atoms with Crippen LogP contribution in [0.2, 0.25) is 0 Å². The molecule has 0 spiro atoms. The van der Waals surface area contributed by atoms with Gasteiger partial charge < -0.3 is 10.6 Å². The summed E-state index contributed by atoms with van der Waals surface area (Å²) in [4.78, 5) is 16.0. The standard InChI is InChI=1S/C12H17N3O/c1-9-4-2-6-14-11(9)8-15-12(16)10-5-3-7-13-10/h2,4,6,10,13H,3,5,7-8H2,1H3,(H,15,16)/t10-/m1/s1. The van der Waals surface area contributed by atoms with Gasteiger partial charge in [-0.05, 0) is 37.9 Å². The lowest BCUT2D eigenvalue weighted by atomic mass is 10.2. The number of aryl methyl sites for hydroxylation is 1. The molecule has 0 unspecified atom stereocenters. The average Bonchev–Trinajstić information content (AvgIpc) is 2.81. The van der Waals surface area contributed by atoms with Crippen molar-refractivity contribution in [2.24, 2.45) is 0 Å². The summed E-state index contributed by atoms with van der Waals surface area (Å²) < 4.78 is 0. The van der Waals surface area contributed by atoms with Gasteiger partial charge in [-0.1, -0.05) is 6.07 Å². The normalized spacial score (nSPS) is 19.7. The van der Waals surface area contributed by atoms with Gasteiger partial charge >= 0.3 is 0 Å². The number of pyridine rings is 1. The first-order chi connectivity index (χ1) is 7.77. The number of hydrogen-bond donors (Lipinski definition) is 2. The van der Waals surface area contributed by atoms with Crippen LogP contribution in [-0.2, 0) is 11.3 Å². The van der Waals surface area contributed by atoms with E-state index in [1.807, 2.05) is 19.1 Å². The molecule has 0 radical (unpaired) electrons. The highest BCUT2D eigenvalue weighted by molar-refractivity contribution is 5.81. The quantitative estimate of drug-likeness (QED) is 0.789. The van der Waals surface area contributed by atoms with E-state index >= 15 is 0 Å². The number of rotatable bonds is 3. The predicted octanol–water partition coefficient (Wildman–Crippen LogP) is 0.758. The van der Waals surface area contributed by atoms with Gasteiger partial charge in [0.25, 0.3) is 0 Å². The maximum absolute atomic E-state index is 11.7. The second-order valence-corrected chi connectivity index (χ2v) is 4.13. The minimum Gasteiger partial charge on any atom is -0.349 e. The highest BCUT2D eigenvalue weighted by atomic mass is 16.2. The largest absolute Gasteiger partial charge is 0.349 e. The van der Waals surface area contributed by atoms with E-state index in [1.165, 1.54) is 0 Å². The van der Waals surface area contributed by atoms with Crippen molar-refractivity contribution in [3.63, 3.8) is 0 Å². The number of nitrogens with one attached hydrogen (secondary N) is 2. The first-order valence-corrected chi connectivity index (χ1v) is 5.69. The molecule has 1 fully saturated rings. The van der Waals surface area contributed by atoms with Crippen LogP contribution in [0.25, 0.3) is 0 Å². The maximum Gasteiger partial charge on any atom is 0.237 e. The van der Waals surface area contributed by atoms with Gasteiger partial charge in [0.1, 0.15) is 0 Å². The summed E-state index contributed by atoms with van der Waals surface area (Å²) in [7, 11) is 0. The molecule has 1 aliphatic heterocycles. The first kappa shape index (κ1) is 11.1. The van der Waals surface area contributed by atoms with E-state index in [1.54, 1.807) is 6.20 Å². The molecule has 1 aliphatic rings. The van der Waals surface area contributed by atoms with Crippen LogP contribution in [0.4, 0.5) is 0 Å². The molecule has 16 heavy (non-hydrogen) atoms. The molecule has 1 aromatic heterocycles. The summed E-state index contributed by atoms with van der Waals surface area (Å²) in [5.74, 6) is 0.0857. The fourth-order valence-corrected chi connectivity index (χ4v) is 1.91. The van der Waals surface area contributed by atoms with Gasteiger partial charge in [0.05, 0.1) is 18.3 Å². The Hall–Kier alpha value is -1.42. The molecule has 0 bridgehead atoms. The highest BCUT2D eigenvalue weighted by Gasteiger charge is 2.21. The van der Waals surface area contributed by atoms with E-state index in [-0.39, 0.29) is 11.9 Å². The van der Waals surface area contributed by atoms with Crippen LogP contribution >= 0.6 is 0 Å². The van der Waals surface area contributed by atoms with Gasteiger partial charge in [-0.2, -0.15) is 0 Å². The van der Waals surface area contributed by atoms with E-state index in [2.05, 4.69) is 15.6 Å². The lowest BCUT2D eigenvalue weighted by Gasteiger charge is -2.11. The van der Waals surface area contributed by atoms with Gasteiger partial charge in [0.2, 0.25) is 5.91 Å². The van der Waals surface area contributed by atoms with Crippen molar-refractivity contribution >= 4 is 5.91 Å². The second-order valence-electron chi connectivity index (χ2n) is 4.13. The third-order valence-electron chi connectivity index (χ3n) is 2.92. The molecule has 2 heterocycles. The van der Waals surface area contributed by atoms with E-state index in [0.717, 1.165) is 30.6 Å². The molecule has 0 saturated carbocycles. The van der Waals surface area contributed by atoms with Crippen LogP contribution in [0.5, 0.6) is 0 Å². The van der Waals surface area contributed by atoms with Crippen LogP contribution in [0, 0.1) is 6.92 Å². The smallest absolute Gasteiger partial charge is 0.237 e. The molecule has 1 atom stereocenters. The van der Waals surface area contributed by atoms with Crippen molar-refractivity contribution in [3.8, 4) is 0 Å². The Balaban J connectivity index is 1.87. The SMILES string of the molecule is Cc1cccnc1CNC(=O)[C@H]1CCCN1. The number of amides is 1. The minimum atomic E-state index is -0.0102. The van der Waals surface area contributed by atoms with Crippen molar-refractivity contribution in [3.05, 3.63) is 29.6 Å². The third kappa shape index (κ3) is 2.58. The van der Waals surface area contributed by atoms with Gasteiger partial charge in [0.15, 0.2) is 0 Å². The zero-order chi connectivity index (χ0) is 11.4. The van der Waals surface area contributed by atoms with Crippen LogP contribution in [-0.4, -0.2) is 23.5 Å².